The molecule has 6 nitrogen and oxygen atoms in total. The molecule has 0 unspecified atom stereocenters. The molecule has 5 rings (SSSR count). The molecule has 2 N–H and O–H groups in total. The summed E-state index contributed by atoms with van der Waals surface area (Å²) in [4.78, 5) is 25.4. The molecule has 2 fully saturated rings. The van der Waals surface area contributed by atoms with E-state index in [1.165, 1.54) is 6.07 Å². The number of hydrogen-bond donors (Lipinski definition) is 1. The zero-order valence-electron chi connectivity index (χ0n) is 25.4. The third-order valence-electron chi connectivity index (χ3n) is 9.96. The van der Waals surface area contributed by atoms with E-state index in [0.717, 1.165) is 68.4 Å². The summed E-state index contributed by atoms with van der Waals surface area (Å²) in [7, 11) is 1.64. The van der Waals surface area contributed by atoms with Crippen LogP contribution in [0.5, 0.6) is 5.75 Å². The predicted octanol–water partition coefficient (Wildman–Crippen LogP) is 4.25. The lowest BCUT2D eigenvalue weighted by atomic mass is 9.63. The summed E-state index contributed by atoms with van der Waals surface area (Å²) in [5.41, 5.74) is 1.92. The van der Waals surface area contributed by atoms with Crippen LogP contribution in [0.1, 0.15) is 75.0 Å². The molecule has 2 saturated heterocycles. The first-order valence-corrected chi connectivity index (χ1v) is 15.4. The Balaban J connectivity index is 0.000000566. The van der Waals surface area contributed by atoms with Crippen LogP contribution in [-0.2, 0) is 21.4 Å². The van der Waals surface area contributed by atoms with Crippen molar-refractivity contribution >= 4 is 11.9 Å². The Morgan fingerprint density at radius 2 is 1.80 bits per heavy atom. The van der Waals surface area contributed by atoms with Crippen molar-refractivity contribution in [3.05, 3.63) is 64.7 Å². The number of carbonyl (C=O) groups is 2. The van der Waals surface area contributed by atoms with Crippen molar-refractivity contribution < 1.29 is 46.7 Å². The van der Waals surface area contributed by atoms with E-state index in [-0.39, 0.29) is 35.4 Å². The number of ether oxygens (including phenoxy) is 1. The molecule has 0 saturated carbocycles. The summed E-state index contributed by atoms with van der Waals surface area (Å²) in [6.45, 7) is 6.40. The number of benzene rings is 2. The van der Waals surface area contributed by atoms with E-state index in [1.807, 2.05) is 12.1 Å². The van der Waals surface area contributed by atoms with E-state index < -0.39 is 17.6 Å². The molecule has 2 aromatic carbocycles. The zero-order chi connectivity index (χ0) is 32.2. The molecular weight excluding hydrogens is 583 g/mol. The first-order valence-electron chi connectivity index (χ1n) is 15.4. The second-order valence-electron chi connectivity index (χ2n) is 12.1. The van der Waals surface area contributed by atoms with E-state index in [0.29, 0.717) is 24.6 Å². The van der Waals surface area contributed by atoms with E-state index in [2.05, 4.69) is 24.1 Å². The van der Waals surface area contributed by atoms with Crippen molar-refractivity contribution in [1.82, 2.24) is 4.90 Å². The van der Waals surface area contributed by atoms with Gasteiger partial charge < -0.3 is 24.9 Å². The van der Waals surface area contributed by atoms with Gasteiger partial charge in [-0.1, -0.05) is 44.9 Å². The normalized spacial score (nSPS) is 24.9. The van der Waals surface area contributed by atoms with Gasteiger partial charge in [0.05, 0.1) is 25.6 Å². The number of likely N-dealkylation sites (tertiary alicyclic amines) is 1. The molecule has 0 aromatic heterocycles. The fourth-order valence-corrected chi connectivity index (χ4v) is 7.89. The Hall–Kier alpha value is -3.21. The fourth-order valence-electron chi connectivity index (χ4n) is 7.89. The number of amides is 1. The van der Waals surface area contributed by atoms with E-state index >= 15 is 4.39 Å². The highest BCUT2D eigenvalue weighted by Crippen LogP contribution is 2.48. The summed E-state index contributed by atoms with van der Waals surface area (Å²) in [6, 6.07) is 10.4. The second-order valence-corrected chi connectivity index (χ2v) is 12.1. The van der Waals surface area contributed by atoms with Gasteiger partial charge in [0.15, 0.2) is 0 Å². The lowest BCUT2D eigenvalue weighted by Gasteiger charge is -2.46. The van der Waals surface area contributed by atoms with Crippen molar-refractivity contribution in [2.24, 2.45) is 11.8 Å². The predicted molar refractivity (Wildman–Crippen MR) is 152 cm³/mol. The van der Waals surface area contributed by atoms with E-state index in [4.69, 9.17) is 14.6 Å². The molecule has 0 radical (unpaired) electrons. The average Bonchev–Trinajstić information content (AvgIpc) is 3.41. The number of piperidine rings is 1. The lowest BCUT2D eigenvalue weighted by Crippen LogP contribution is -2.82. The van der Waals surface area contributed by atoms with Gasteiger partial charge in [-0.15, -0.1) is 0 Å². The van der Waals surface area contributed by atoms with Crippen molar-refractivity contribution in [2.45, 2.75) is 82.3 Å². The number of alkyl halides is 3. The fraction of sp³-hybridized carbons (Fsp3) is 0.576. The highest BCUT2D eigenvalue weighted by molar-refractivity contribution is 5.82. The minimum Gasteiger partial charge on any atom is -0.542 e. The van der Waals surface area contributed by atoms with Gasteiger partial charge in [0.25, 0.3) is 0 Å². The molecule has 2 heterocycles. The summed E-state index contributed by atoms with van der Waals surface area (Å²) in [5, 5.41) is 11.0. The minimum absolute atomic E-state index is 0.0664. The van der Waals surface area contributed by atoms with Gasteiger partial charge in [-0.25, -0.2) is 8.78 Å². The molecule has 3 aliphatic rings. The Morgan fingerprint density at radius 1 is 1.11 bits per heavy atom. The first kappa shape index (κ1) is 33.7. The van der Waals surface area contributed by atoms with Crippen molar-refractivity contribution in [3.8, 4) is 5.75 Å². The molecule has 1 spiro atoms. The molecule has 2 aromatic rings. The molecule has 0 bridgehead atoms. The molecular formula is C33H41F5N2O4. The van der Waals surface area contributed by atoms with Gasteiger partial charge >= 0.3 is 6.18 Å². The Kier molecular flexibility index (Phi) is 10.6. The van der Waals surface area contributed by atoms with Gasteiger partial charge in [0, 0.05) is 23.7 Å². The minimum atomic E-state index is -5.19. The van der Waals surface area contributed by atoms with Gasteiger partial charge in [-0.3, -0.25) is 4.79 Å². The molecule has 11 heteroatoms. The number of methoxy groups -OCH3 is 1. The van der Waals surface area contributed by atoms with Crippen molar-refractivity contribution in [1.29, 1.82) is 0 Å². The van der Waals surface area contributed by atoms with Crippen LogP contribution in [0.3, 0.4) is 0 Å². The van der Waals surface area contributed by atoms with Crippen LogP contribution in [-0.4, -0.2) is 55.7 Å². The molecule has 1 amide bonds. The maximum atomic E-state index is 15.5. The number of aliphatic carboxylic acids is 1. The Bertz CT molecular complexity index is 1330. The highest BCUT2D eigenvalue weighted by atomic mass is 19.4. The quantitative estimate of drug-likeness (QED) is 0.488. The van der Waals surface area contributed by atoms with Crippen molar-refractivity contribution in [3.63, 3.8) is 0 Å². The number of nitrogens with zero attached hydrogens (tertiary/aromatic N) is 1. The number of hydrogen-bond acceptors (Lipinski definition) is 4. The van der Waals surface area contributed by atoms with Crippen LogP contribution in [0.2, 0.25) is 0 Å². The molecule has 4 atom stereocenters. The number of halogens is 5. The SMILES string of the molecule is CCC(CC)[C@@H]1C[C@H](c2ccccc2F)CCN1C(=O)[C@@H]1C[NH2+]C[C@]12CCCc1c(OC)ccc(F)c12.O=C([O-])C(F)(F)F. The van der Waals surface area contributed by atoms with Gasteiger partial charge in [0.2, 0.25) is 5.91 Å². The molecule has 1 aliphatic carbocycles. The third-order valence-corrected chi connectivity index (χ3v) is 9.96. The molecule has 44 heavy (non-hydrogen) atoms. The van der Waals surface area contributed by atoms with Gasteiger partial charge in [-0.05, 0) is 67.7 Å². The van der Waals surface area contributed by atoms with E-state index in [9.17, 15) is 22.4 Å². The van der Waals surface area contributed by atoms with Crippen LogP contribution in [0.15, 0.2) is 36.4 Å². The van der Waals surface area contributed by atoms with Crippen LogP contribution in [0.4, 0.5) is 22.0 Å². The number of rotatable bonds is 6. The van der Waals surface area contributed by atoms with Gasteiger partial charge in [-0.2, -0.15) is 13.2 Å². The Labute approximate surface area is 255 Å². The zero-order valence-corrected chi connectivity index (χ0v) is 25.4. The van der Waals surface area contributed by atoms with Crippen LogP contribution < -0.4 is 15.2 Å². The largest absolute Gasteiger partial charge is 0.542 e. The number of carbonyl (C=O) groups excluding carboxylic acids is 2. The highest BCUT2D eigenvalue weighted by Gasteiger charge is 2.56. The second kappa shape index (κ2) is 13.8. The third kappa shape index (κ3) is 6.57. The summed E-state index contributed by atoms with van der Waals surface area (Å²) >= 11 is 0. The van der Waals surface area contributed by atoms with Crippen LogP contribution >= 0.6 is 0 Å². The number of carboxylic acid groups (broad SMARTS) is 1. The monoisotopic (exact) mass is 624 g/mol. The smallest absolute Gasteiger partial charge is 0.430 e. The number of carboxylic acids is 1. The molecule has 242 valence electrons. The summed E-state index contributed by atoms with van der Waals surface area (Å²) < 4.78 is 67.4. The number of fused-ring (bicyclic) bond motifs is 2. The summed E-state index contributed by atoms with van der Waals surface area (Å²) in [5.74, 6) is -2.28. The maximum absolute atomic E-state index is 15.5. The van der Waals surface area contributed by atoms with Crippen molar-refractivity contribution in [2.75, 3.05) is 26.7 Å². The maximum Gasteiger partial charge on any atom is 0.430 e. The Morgan fingerprint density at radius 3 is 2.41 bits per heavy atom. The van der Waals surface area contributed by atoms with Crippen LogP contribution in [0.25, 0.3) is 0 Å². The summed E-state index contributed by atoms with van der Waals surface area (Å²) in [6.07, 6.45) is 0.821. The van der Waals surface area contributed by atoms with E-state index in [1.54, 1.807) is 25.3 Å². The standard InChI is InChI=1S/C31H40F2N2O2.C2HF3O2/c1-4-20(5-2)27-17-21(22-9-6-7-11-25(22)32)14-16-35(27)30(36)24-18-34-19-31(24)15-8-10-23-28(37-3)13-12-26(33)29(23)31;3-2(4,5)1(6)7/h6-7,9,11-13,20-21,24,27,34H,4-5,8,10,14-19H2,1-3H3;(H,6,7)/t21-,24+,27+,31-;/m1./s1. The average molecular weight is 625 g/mol. The van der Waals surface area contributed by atoms with Gasteiger partial charge in [0.1, 0.15) is 29.3 Å². The van der Waals surface area contributed by atoms with Crippen LogP contribution in [0, 0.1) is 23.5 Å². The number of nitrogens with two attached hydrogens (primary N) is 1. The topological polar surface area (TPSA) is 86.3 Å². The number of quaternary nitrogens is 1. The molecule has 2 aliphatic heterocycles. The first-order chi connectivity index (χ1) is 20.9. The lowest BCUT2D eigenvalue weighted by molar-refractivity contribution is -0.640.